The van der Waals surface area contributed by atoms with Gasteiger partial charge >= 0.3 is 0 Å². The van der Waals surface area contributed by atoms with E-state index in [0.29, 0.717) is 12.8 Å². The number of hydrogen-bond acceptors (Lipinski definition) is 2. The van der Waals surface area contributed by atoms with Gasteiger partial charge in [-0.1, -0.05) is 194 Å². The van der Waals surface area contributed by atoms with Gasteiger partial charge in [0.05, 0.1) is 0 Å². The SMILES string of the molecule is CCCCCCCCCCCCCCCCCC(=O)C(=O)CCCCCCCCCCCCCCCCC. The van der Waals surface area contributed by atoms with E-state index >= 15 is 0 Å². The van der Waals surface area contributed by atoms with Gasteiger partial charge in [-0.2, -0.15) is 0 Å². The Morgan fingerprint density at radius 1 is 0.263 bits per heavy atom. The van der Waals surface area contributed by atoms with Crippen molar-refractivity contribution in [3.05, 3.63) is 0 Å². The highest BCUT2D eigenvalue weighted by atomic mass is 16.2. The van der Waals surface area contributed by atoms with E-state index in [2.05, 4.69) is 13.8 Å². The van der Waals surface area contributed by atoms with E-state index in [4.69, 9.17) is 0 Å². The molecular formula is C36H70O2. The molecule has 0 aliphatic carbocycles. The fourth-order valence-corrected chi connectivity index (χ4v) is 5.59. The Balaban J connectivity index is 3.28. The maximum atomic E-state index is 12.1. The molecule has 0 aliphatic heterocycles. The van der Waals surface area contributed by atoms with Gasteiger partial charge in [0.25, 0.3) is 0 Å². The average Bonchev–Trinajstić information content (AvgIpc) is 2.92. The van der Waals surface area contributed by atoms with Crippen molar-refractivity contribution in [3.63, 3.8) is 0 Å². The van der Waals surface area contributed by atoms with Crippen LogP contribution in [0.15, 0.2) is 0 Å². The Hall–Kier alpha value is -0.660. The first-order valence-corrected chi connectivity index (χ1v) is 17.8. The van der Waals surface area contributed by atoms with E-state index in [-0.39, 0.29) is 11.6 Å². The molecule has 0 rings (SSSR count). The lowest BCUT2D eigenvalue weighted by atomic mass is 10.0. The number of unbranched alkanes of at least 4 members (excludes halogenated alkanes) is 28. The Bertz CT molecular complexity index is 440. The van der Waals surface area contributed by atoms with Crippen molar-refractivity contribution in [1.82, 2.24) is 0 Å². The molecule has 0 spiro atoms. The lowest BCUT2D eigenvalue weighted by Crippen LogP contribution is -2.13. The second-order valence-corrected chi connectivity index (χ2v) is 12.2. The van der Waals surface area contributed by atoms with Crippen molar-refractivity contribution < 1.29 is 9.59 Å². The lowest BCUT2D eigenvalue weighted by molar-refractivity contribution is -0.136. The minimum atomic E-state index is -0.106. The van der Waals surface area contributed by atoms with Crippen molar-refractivity contribution in [2.45, 2.75) is 219 Å². The number of rotatable bonds is 33. The van der Waals surface area contributed by atoms with Crippen molar-refractivity contribution in [1.29, 1.82) is 0 Å². The van der Waals surface area contributed by atoms with Gasteiger partial charge in [-0.15, -0.1) is 0 Å². The van der Waals surface area contributed by atoms with Gasteiger partial charge < -0.3 is 0 Å². The fraction of sp³-hybridized carbons (Fsp3) is 0.944. The second-order valence-electron chi connectivity index (χ2n) is 12.2. The summed E-state index contributed by atoms with van der Waals surface area (Å²) >= 11 is 0. The largest absolute Gasteiger partial charge is 0.291 e. The van der Waals surface area contributed by atoms with Crippen LogP contribution in [0.1, 0.15) is 219 Å². The normalized spacial score (nSPS) is 11.3. The van der Waals surface area contributed by atoms with Crippen molar-refractivity contribution in [2.75, 3.05) is 0 Å². The van der Waals surface area contributed by atoms with Crippen LogP contribution in [0, 0.1) is 0 Å². The fourth-order valence-electron chi connectivity index (χ4n) is 5.59. The first-order valence-electron chi connectivity index (χ1n) is 17.8. The average molecular weight is 535 g/mol. The molecule has 0 aliphatic rings. The predicted octanol–water partition coefficient (Wildman–Crippen LogP) is 12.6. The standard InChI is InChI=1S/C36H70O2/c1-3-5-7-9-11-13-15-17-19-21-23-25-27-29-31-33-35(37)36(38)34-32-30-28-26-24-22-20-18-16-14-12-10-8-6-4-2/h3-34H2,1-2H3. The van der Waals surface area contributed by atoms with Gasteiger partial charge in [0.15, 0.2) is 11.6 Å². The maximum absolute atomic E-state index is 12.1. The van der Waals surface area contributed by atoms with Crippen LogP contribution in [0.4, 0.5) is 0 Å². The summed E-state index contributed by atoms with van der Waals surface area (Å²) in [5, 5.41) is 0. The molecule has 0 unspecified atom stereocenters. The molecule has 0 radical (unpaired) electrons. The zero-order chi connectivity index (χ0) is 27.8. The van der Waals surface area contributed by atoms with Crippen LogP contribution in [0.2, 0.25) is 0 Å². The number of ketones is 2. The van der Waals surface area contributed by atoms with Gasteiger partial charge in [-0.05, 0) is 12.8 Å². The van der Waals surface area contributed by atoms with Crippen molar-refractivity contribution in [3.8, 4) is 0 Å². The van der Waals surface area contributed by atoms with Crippen molar-refractivity contribution in [2.24, 2.45) is 0 Å². The Labute approximate surface area is 240 Å². The van der Waals surface area contributed by atoms with Gasteiger partial charge in [-0.3, -0.25) is 9.59 Å². The van der Waals surface area contributed by atoms with Crippen molar-refractivity contribution >= 4 is 11.6 Å². The van der Waals surface area contributed by atoms with E-state index in [0.717, 1.165) is 25.7 Å². The van der Waals surface area contributed by atoms with Crippen LogP contribution in [0.3, 0.4) is 0 Å². The second kappa shape index (κ2) is 32.6. The molecule has 0 amide bonds. The zero-order valence-corrected chi connectivity index (χ0v) is 26.4. The molecule has 0 heterocycles. The van der Waals surface area contributed by atoms with Crippen LogP contribution in [-0.4, -0.2) is 11.6 Å². The van der Waals surface area contributed by atoms with E-state index in [9.17, 15) is 9.59 Å². The minimum absolute atomic E-state index is 0.106. The molecular weight excluding hydrogens is 464 g/mol. The molecule has 0 bridgehead atoms. The summed E-state index contributed by atoms with van der Waals surface area (Å²) < 4.78 is 0. The summed E-state index contributed by atoms with van der Waals surface area (Å²) in [7, 11) is 0. The van der Waals surface area contributed by atoms with E-state index in [1.807, 2.05) is 0 Å². The summed E-state index contributed by atoms with van der Waals surface area (Å²) in [6.45, 7) is 4.56. The van der Waals surface area contributed by atoms with Crippen LogP contribution in [-0.2, 0) is 9.59 Å². The van der Waals surface area contributed by atoms with E-state index in [1.165, 1.54) is 167 Å². The molecule has 0 saturated carbocycles. The van der Waals surface area contributed by atoms with E-state index in [1.54, 1.807) is 0 Å². The summed E-state index contributed by atoms with van der Waals surface area (Å²) in [6.07, 6.45) is 40.8. The van der Waals surface area contributed by atoms with Gasteiger partial charge in [0, 0.05) is 12.8 Å². The molecule has 0 N–H and O–H groups in total. The first-order chi connectivity index (χ1) is 18.7. The third-order valence-corrected chi connectivity index (χ3v) is 8.33. The van der Waals surface area contributed by atoms with Crippen LogP contribution in [0.5, 0.6) is 0 Å². The van der Waals surface area contributed by atoms with Crippen LogP contribution >= 0.6 is 0 Å². The Morgan fingerprint density at radius 2 is 0.421 bits per heavy atom. The summed E-state index contributed by atoms with van der Waals surface area (Å²) in [6, 6.07) is 0. The number of carbonyl (C=O) groups excluding carboxylic acids is 2. The monoisotopic (exact) mass is 535 g/mol. The molecule has 0 aromatic heterocycles. The number of Topliss-reactive ketones (excluding diaryl/α,β-unsaturated/α-hetero) is 2. The summed E-state index contributed by atoms with van der Waals surface area (Å²) in [5.41, 5.74) is 0. The smallest absolute Gasteiger partial charge is 0.198 e. The van der Waals surface area contributed by atoms with Gasteiger partial charge in [0.2, 0.25) is 0 Å². The molecule has 38 heavy (non-hydrogen) atoms. The molecule has 0 aromatic rings. The molecule has 2 nitrogen and oxygen atoms in total. The summed E-state index contributed by atoms with van der Waals surface area (Å²) in [5.74, 6) is -0.213. The third kappa shape index (κ3) is 29.9. The highest BCUT2D eigenvalue weighted by molar-refractivity contribution is 6.37. The molecule has 2 heteroatoms. The minimum Gasteiger partial charge on any atom is -0.291 e. The lowest BCUT2D eigenvalue weighted by Gasteiger charge is -2.04. The highest BCUT2D eigenvalue weighted by Gasteiger charge is 2.12. The van der Waals surface area contributed by atoms with Gasteiger partial charge in [-0.25, -0.2) is 0 Å². The predicted molar refractivity (Wildman–Crippen MR) is 169 cm³/mol. The molecule has 0 fully saturated rings. The quantitative estimate of drug-likeness (QED) is 0.0619. The first kappa shape index (κ1) is 37.3. The maximum Gasteiger partial charge on any atom is 0.198 e. The highest BCUT2D eigenvalue weighted by Crippen LogP contribution is 2.16. The molecule has 0 saturated heterocycles. The molecule has 0 atom stereocenters. The number of hydrogen-bond donors (Lipinski definition) is 0. The number of carbonyl (C=O) groups is 2. The Morgan fingerprint density at radius 3 is 0.605 bits per heavy atom. The third-order valence-electron chi connectivity index (χ3n) is 8.33. The molecule has 226 valence electrons. The van der Waals surface area contributed by atoms with E-state index < -0.39 is 0 Å². The Kier molecular flexibility index (Phi) is 32.0. The van der Waals surface area contributed by atoms with Crippen LogP contribution in [0.25, 0.3) is 0 Å². The van der Waals surface area contributed by atoms with Crippen LogP contribution < -0.4 is 0 Å². The topological polar surface area (TPSA) is 34.1 Å². The van der Waals surface area contributed by atoms with Gasteiger partial charge in [0.1, 0.15) is 0 Å². The zero-order valence-electron chi connectivity index (χ0n) is 26.4. The summed E-state index contributed by atoms with van der Waals surface area (Å²) in [4.78, 5) is 24.2. The molecule has 0 aromatic carbocycles.